The van der Waals surface area contributed by atoms with Crippen LogP contribution in [0.25, 0.3) is 11.2 Å². The summed E-state index contributed by atoms with van der Waals surface area (Å²) in [6.07, 6.45) is 4.54. The summed E-state index contributed by atoms with van der Waals surface area (Å²) < 4.78 is 15.8. The molecule has 4 aromatic rings. The summed E-state index contributed by atoms with van der Waals surface area (Å²) in [5, 5.41) is 8.29. The minimum Gasteiger partial charge on any atom is -0.455 e. The van der Waals surface area contributed by atoms with Gasteiger partial charge in [-0.15, -0.1) is 0 Å². The van der Waals surface area contributed by atoms with Gasteiger partial charge in [0, 0.05) is 55.1 Å². The Labute approximate surface area is 216 Å². The van der Waals surface area contributed by atoms with E-state index in [4.69, 9.17) is 19.6 Å². The number of hydrogen-bond donors (Lipinski definition) is 1. The van der Waals surface area contributed by atoms with Gasteiger partial charge >= 0.3 is 0 Å². The van der Waals surface area contributed by atoms with Gasteiger partial charge in [0.15, 0.2) is 17.2 Å². The Balaban J connectivity index is 1.44. The molecule has 0 bridgehead atoms. The molecule has 194 valence electrons. The number of ether oxygens (including phenoxy) is 2. The highest BCUT2D eigenvalue weighted by atomic mass is 16.5. The van der Waals surface area contributed by atoms with Crippen LogP contribution in [-0.4, -0.2) is 48.3 Å². The van der Waals surface area contributed by atoms with Gasteiger partial charge in [-0.3, -0.25) is 14.5 Å². The van der Waals surface area contributed by atoms with Crippen LogP contribution in [0.1, 0.15) is 57.1 Å². The normalized spacial score (nSPS) is 15.9. The first kappa shape index (κ1) is 24.9. The number of ketones is 1. The number of pyridine rings is 2. The number of carbonyl (C=O) groups is 1. The molecule has 0 spiro atoms. The van der Waals surface area contributed by atoms with Gasteiger partial charge in [-0.1, -0.05) is 20.8 Å². The van der Waals surface area contributed by atoms with Crippen molar-refractivity contribution in [1.82, 2.24) is 29.3 Å². The maximum atomic E-state index is 11.5. The second kappa shape index (κ2) is 9.59. The van der Waals surface area contributed by atoms with Gasteiger partial charge in [0.1, 0.15) is 11.5 Å². The maximum absolute atomic E-state index is 11.5. The van der Waals surface area contributed by atoms with Crippen molar-refractivity contribution in [3.8, 4) is 11.5 Å². The minimum absolute atomic E-state index is 0.0508. The van der Waals surface area contributed by atoms with Crippen LogP contribution in [0.2, 0.25) is 0 Å². The van der Waals surface area contributed by atoms with Crippen molar-refractivity contribution in [2.24, 2.45) is 7.05 Å². The lowest BCUT2D eigenvalue weighted by Gasteiger charge is -2.22. The fourth-order valence-corrected chi connectivity index (χ4v) is 4.66. The van der Waals surface area contributed by atoms with E-state index in [2.05, 4.69) is 46.8 Å². The number of nitrogens with zero attached hydrogens (tertiary/aromatic N) is 6. The lowest BCUT2D eigenvalue weighted by molar-refractivity contribution is -0.116. The third-order valence-electron chi connectivity index (χ3n) is 6.55. The zero-order valence-electron chi connectivity index (χ0n) is 22.2. The molecule has 1 atom stereocenters. The van der Waals surface area contributed by atoms with E-state index in [1.165, 1.54) is 0 Å². The van der Waals surface area contributed by atoms with Crippen LogP contribution < -0.4 is 10.1 Å². The highest BCUT2D eigenvalue weighted by molar-refractivity contribution is 5.81. The van der Waals surface area contributed by atoms with Crippen molar-refractivity contribution in [1.29, 1.82) is 0 Å². The molecule has 0 saturated carbocycles. The molecule has 5 rings (SSSR count). The summed E-state index contributed by atoms with van der Waals surface area (Å²) in [5.74, 6) is 2.65. The summed E-state index contributed by atoms with van der Waals surface area (Å²) in [4.78, 5) is 25.0. The van der Waals surface area contributed by atoms with Crippen molar-refractivity contribution in [2.75, 3.05) is 18.5 Å². The number of rotatable bonds is 7. The predicted octanol–water partition coefficient (Wildman–Crippen LogP) is 4.79. The van der Waals surface area contributed by atoms with Crippen LogP contribution in [0.15, 0.2) is 30.6 Å². The predicted molar refractivity (Wildman–Crippen MR) is 141 cm³/mol. The molecule has 1 fully saturated rings. The van der Waals surface area contributed by atoms with E-state index in [0.717, 1.165) is 35.6 Å². The number of hydrogen-bond acceptors (Lipinski definition) is 8. The monoisotopic (exact) mass is 503 g/mol. The maximum Gasteiger partial charge on any atom is 0.210 e. The van der Waals surface area contributed by atoms with Crippen LogP contribution in [-0.2, 0) is 28.4 Å². The van der Waals surface area contributed by atoms with Gasteiger partial charge < -0.3 is 19.4 Å². The Morgan fingerprint density at radius 3 is 2.78 bits per heavy atom. The van der Waals surface area contributed by atoms with Gasteiger partial charge in [-0.25, -0.2) is 4.98 Å². The third kappa shape index (κ3) is 5.06. The SMILES string of the molecule is CC(=O)Cc1cc(Oc2cnc3nc(Nc4cc(C(C)(C)C)n([C@H]5CCOC5)n4)n(C)c3c2C)ccn1. The molecule has 0 aliphatic carbocycles. The number of aromatic nitrogens is 6. The number of nitrogens with one attached hydrogen (secondary N) is 1. The van der Waals surface area contributed by atoms with Crippen LogP contribution in [0.4, 0.5) is 11.8 Å². The third-order valence-corrected chi connectivity index (χ3v) is 6.55. The van der Waals surface area contributed by atoms with Gasteiger partial charge in [-0.2, -0.15) is 10.1 Å². The molecule has 10 nitrogen and oxygen atoms in total. The molecule has 0 aromatic carbocycles. The Morgan fingerprint density at radius 2 is 2.08 bits per heavy atom. The number of Topliss-reactive ketones (excluding diaryl/α,β-unsaturated/α-hetero) is 1. The van der Waals surface area contributed by atoms with Crippen LogP contribution in [0.5, 0.6) is 11.5 Å². The average Bonchev–Trinajstić information content (AvgIpc) is 3.55. The molecule has 5 heterocycles. The molecule has 1 N–H and O–H groups in total. The van der Waals surface area contributed by atoms with Crippen LogP contribution in [0.3, 0.4) is 0 Å². The summed E-state index contributed by atoms with van der Waals surface area (Å²) >= 11 is 0. The molecule has 0 amide bonds. The van der Waals surface area contributed by atoms with Crippen LogP contribution >= 0.6 is 0 Å². The molecule has 1 aliphatic heterocycles. The van der Waals surface area contributed by atoms with Crippen molar-refractivity contribution in [3.05, 3.63) is 47.5 Å². The second-order valence-electron chi connectivity index (χ2n) is 10.6. The van der Waals surface area contributed by atoms with Crippen molar-refractivity contribution in [3.63, 3.8) is 0 Å². The van der Waals surface area contributed by atoms with Gasteiger partial charge in [0.05, 0.1) is 30.1 Å². The van der Waals surface area contributed by atoms with Gasteiger partial charge in [0.2, 0.25) is 5.95 Å². The largest absolute Gasteiger partial charge is 0.455 e. The van der Waals surface area contributed by atoms with Gasteiger partial charge in [-0.05, 0) is 26.3 Å². The van der Waals surface area contributed by atoms with E-state index in [0.29, 0.717) is 35.4 Å². The molecular weight excluding hydrogens is 470 g/mol. The quantitative estimate of drug-likeness (QED) is 0.383. The average molecular weight is 504 g/mol. The second-order valence-corrected chi connectivity index (χ2v) is 10.6. The summed E-state index contributed by atoms with van der Waals surface area (Å²) in [5.41, 5.74) is 4.13. The van der Waals surface area contributed by atoms with E-state index in [-0.39, 0.29) is 23.7 Å². The Kier molecular flexibility index (Phi) is 6.45. The number of fused-ring (bicyclic) bond motifs is 1. The highest BCUT2D eigenvalue weighted by Crippen LogP contribution is 2.33. The fourth-order valence-electron chi connectivity index (χ4n) is 4.66. The van der Waals surface area contributed by atoms with Crippen molar-refractivity contribution < 1.29 is 14.3 Å². The fraction of sp³-hybridized carbons (Fsp3) is 0.444. The Hall–Kier alpha value is -3.79. The summed E-state index contributed by atoms with van der Waals surface area (Å²) in [7, 11) is 1.94. The molecule has 0 radical (unpaired) electrons. The first-order chi connectivity index (χ1) is 17.6. The molecule has 37 heavy (non-hydrogen) atoms. The smallest absolute Gasteiger partial charge is 0.210 e. The van der Waals surface area contributed by atoms with Crippen LogP contribution in [0, 0.1) is 6.92 Å². The lowest BCUT2D eigenvalue weighted by Crippen LogP contribution is -2.22. The molecule has 10 heteroatoms. The molecular formula is C27H33N7O3. The first-order valence-electron chi connectivity index (χ1n) is 12.5. The zero-order valence-corrected chi connectivity index (χ0v) is 22.2. The Morgan fingerprint density at radius 1 is 1.27 bits per heavy atom. The highest BCUT2D eigenvalue weighted by Gasteiger charge is 2.28. The number of imidazole rings is 1. The number of aryl methyl sites for hydroxylation is 2. The topological polar surface area (TPSA) is 109 Å². The van der Waals surface area contributed by atoms with Crippen molar-refractivity contribution in [2.45, 2.75) is 58.9 Å². The summed E-state index contributed by atoms with van der Waals surface area (Å²) in [6.45, 7) is 11.5. The van der Waals surface area contributed by atoms with E-state index in [1.807, 2.05) is 18.5 Å². The lowest BCUT2D eigenvalue weighted by atomic mass is 9.91. The molecule has 4 aromatic heterocycles. The first-order valence-corrected chi connectivity index (χ1v) is 12.5. The van der Waals surface area contributed by atoms with Gasteiger partial charge in [0.25, 0.3) is 0 Å². The van der Waals surface area contributed by atoms with E-state index in [1.54, 1.807) is 31.5 Å². The minimum atomic E-state index is -0.0660. The Bertz CT molecular complexity index is 1460. The van der Waals surface area contributed by atoms with Crippen molar-refractivity contribution >= 4 is 28.7 Å². The molecule has 0 unspecified atom stereocenters. The standard InChI is InChI=1S/C27H33N7O3/c1-16(35)11-18-12-20(7-9-28-18)37-21-14-29-25-24(17(21)2)33(6)26(31-25)30-23-13-22(27(3,4)5)34(32-23)19-8-10-36-15-19/h7,9,12-14,19H,8,10-11,15H2,1-6H3,(H,29,30,31,32)/t19-/m0/s1. The van der Waals surface area contributed by atoms with E-state index < -0.39 is 0 Å². The zero-order chi connectivity index (χ0) is 26.3. The number of anilines is 2. The van der Waals surface area contributed by atoms with E-state index >= 15 is 0 Å². The van der Waals surface area contributed by atoms with E-state index in [9.17, 15) is 4.79 Å². The molecule has 1 saturated heterocycles. The number of carbonyl (C=O) groups excluding carboxylic acids is 1. The summed E-state index contributed by atoms with van der Waals surface area (Å²) in [6, 6.07) is 5.87. The molecule has 1 aliphatic rings.